The summed E-state index contributed by atoms with van der Waals surface area (Å²) in [6, 6.07) is 4.50. The molecule has 1 amide bonds. The van der Waals surface area contributed by atoms with Crippen LogP contribution in [0.2, 0.25) is 0 Å². The first-order chi connectivity index (χ1) is 10.9. The molecule has 7 nitrogen and oxygen atoms in total. The highest BCUT2D eigenvalue weighted by molar-refractivity contribution is 8.13. The topological polar surface area (TPSA) is 93.4 Å². The number of non-ortho nitro benzene ring substituents is 1. The van der Waals surface area contributed by atoms with Crippen molar-refractivity contribution in [2.75, 3.05) is 17.2 Å². The van der Waals surface area contributed by atoms with Crippen molar-refractivity contribution in [1.82, 2.24) is 4.98 Å². The maximum absolute atomic E-state index is 12.2. The Labute approximate surface area is 139 Å². The molecule has 1 atom stereocenters. The summed E-state index contributed by atoms with van der Waals surface area (Å²) >= 11 is 2.57. The fourth-order valence-corrected chi connectivity index (χ4v) is 4.11. The first-order valence-corrected chi connectivity index (χ1v) is 8.73. The number of thiazole rings is 1. The van der Waals surface area contributed by atoms with Gasteiger partial charge < -0.3 is 0 Å². The standard InChI is InChI=1S/C14H13N3O4S2/c1-8(18)22-7-9-4-13(19)16(6-9)14-15-11-5-10(17(20)21)2-3-12(11)23-14/h2-3,5,9H,4,6-7H2,1H3. The summed E-state index contributed by atoms with van der Waals surface area (Å²) in [5.74, 6) is 0.721. The predicted octanol–water partition coefficient (Wildman–Crippen LogP) is 2.84. The maximum atomic E-state index is 12.2. The molecule has 120 valence electrons. The van der Waals surface area contributed by atoms with Gasteiger partial charge in [-0.15, -0.1) is 0 Å². The molecule has 3 rings (SSSR count). The van der Waals surface area contributed by atoms with Gasteiger partial charge in [-0.25, -0.2) is 4.98 Å². The molecule has 9 heteroatoms. The van der Waals surface area contributed by atoms with E-state index in [0.717, 1.165) is 4.70 Å². The lowest BCUT2D eigenvalue weighted by Gasteiger charge is -2.12. The Morgan fingerprint density at radius 3 is 3.04 bits per heavy atom. The van der Waals surface area contributed by atoms with Gasteiger partial charge in [0.25, 0.3) is 5.69 Å². The van der Waals surface area contributed by atoms with E-state index in [1.165, 1.54) is 42.2 Å². The highest BCUT2D eigenvalue weighted by Gasteiger charge is 2.32. The molecular formula is C14H13N3O4S2. The SMILES string of the molecule is CC(=O)SCC1CC(=O)N(c2nc3cc([N+](=O)[O-])ccc3s2)C1. The molecule has 2 heterocycles. The van der Waals surface area contributed by atoms with Gasteiger partial charge in [0.2, 0.25) is 5.91 Å². The predicted molar refractivity (Wildman–Crippen MR) is 89.9 cm³/mol. The first-order valence-electron chi connectivity index (χ1n) is 6.93. The van der Waals surface area contributed by atoms with Crippen LogP contribution >= 0.6 is 23.1 Å². The summed E-state index contributed by atoms with van der Waals surface area (Å²) in [6.45, 7) is 2.04. The number of nitro benzene ring substituents is 1. The van der Waals surface area contributed by atoms with Gasteiger partial charge in [-0.3, -0.25) is 24.6 Å². The summed E-state index contributed by atoms with van der Waals surface area (Å²) in [7, 11) is 0. The molecule has 1 aromatic carbocycles. The third-order valence-electron chi connectivity index (χ3n) is 3.53. The summed E-state index contributed by atoms with van der Waals surface area (Å²) in [5.41, 5.74) is 0.506. The molecule has 1 saturated heterocycles. The zero-order valence-corrected chi connectivity index (χ0v) is 13.9. The third-order valence-corrected chi connectivity index (χ3v) is 5.63. The van der Waals surface area contributed by atoms with Crippen molar-refractivity contribution in [2.45, 2.75) is 13.3 Å². The van der Waals surface area contributed by atoms with Crippen molar-refractivity contribution in [3.05, 3.63) is 28.3 Å². The highest BCUT2D eigenvalue weighted by atomic mass is 32.2. The molecule has 1 aliphatic heterocycles. The van der Waals surface area contributed by atoms with E-state index in [-0.39, 0.29) is 22.6 Å². The van der Waals surface area contributed by atoms with Crippen LogP contribution in [0.4, 0.5) is 10.8 Å². The number of carbonyl (C=O) groups is 2. The molecule has 1 aromatic heterocycles. The van der Waals surface area contributed by atoms with Gasteiger partial charge >= 0.3 is 0 Å². The Morgan fingerprint density at radius 2 is 2.35 bits per heavy atom. The lowest BCUT2D eigenvalue weighted by Crippen LogP contribution is -2.24. The Hall–Kier alpha value is -2.00. The van der Waals surface area contributed by atoms with E-state index in [9.17, 15) is 19.7 Å². The van der Waals surface area contributed by atoms with Crippen molar-refractivity contribution in [3.8, 4) is 0 Å². The molecule has 1 unspecified atom stereocenters. The number of nitrogens with zero attached hydrogens (tertiary/aromatic N) is 3. The minimum absolute atomic E-state index is 0.0159. The van der Waals surface area contributed by atoms with Gasteiger partial charge in [0.1, 0.15) is 0 Å². The minimum atomic E-state index is -0.464. The van der Waals surface area contributed by atoms with E-state index >= 15 is 0 Å². The van der Waals surface area contributed by atoms with Crippen molar-refractivity contribution in [3.63, 3.8) is 0 Å². The van der Waals surface area contributed by atoms with Crippen LogP contribution in [-0.2, 0) is 9.59 Å². The number of rotatable bonds is 4. The Kier molecular flexibility index (Phi) is 4.31. The molecule has 0 spiro atoms. The summed E-state index contributed by atoms with van der Waals surface area (Å²) < 4.78 is 0.806. The molecule has 0 radical (unpaired) electrons. The van der Waals surface area contributed by atoms with Crippen molar-refractivity contribution >= 4 is 55.2 Å². The largest absolute Gasteiger partial charge is 0.288 e. The van der Waals surface area contributed by atoms with Crippen molar-refractivity contribution in [1.29, 1.82) is 0 Å². The van der Waals surface area contributed by atoms with E-state index in [4.69, 9.17) is 0 Å². The van der Waals surface area contributed by atoms with Gasteiger partial charge in [-0.05, 0) is 12.0 Å². The van der Waals surface area contributed by atoms with E-state index < -0.39 is 4.92 Å². The van der Waals surface area contributed by atoms with Crippen LogP contribution in [0, 0.1) is 16.0 Å². The third kappa shape index (κ3) is 3.35. The fourth-order valence-electron chi connectivity index (χ4n) is 2.45. The van der Waals surface area contributed by atoms with Crippen LogP contribution in [-0.4, -0.2) is 33.2 Å². The molecule has 0 N–H and O–H groups in total. The van der Waals surface area contributed by atoms with E-state index in [2.05, 4.69) is 4.98 Å². The molecule has 1 fully saturated rings. The van der Waals surface area contributed by atoms with Gasteiger partial charge in [-0.2, -0.15) is 0 Å². The van der Waals surface area contributed by atoms with Crippen LogP contribution in [0.25, 0.3) is 10.2 Å². The lowest BCUT2D eigenvalue weighted by molar-refractivity contribution is -0.384. The molecule has 1 aliphatic rings. The van der Waals surface area contributed by atoms with E-state index in [1.807, 2.05) is 0 Å². The Bertz CT molecular complexity index is 804. The Balaban J connectivity index is 1.81. The smallest absolute Gasteiger partial charge is 0.271 e. The molecule has 23 heavy (non-hydrogen) atoms. The fraction of sp³-hybridized carbons (Fsp3) is 0.357. The van der Waals surface area contributed by atoms with Gasteiger partial charge in [0.15, 0.2) is 10.2 Å². The number of fused-ring (bicyclic) bond motifs is 1. The van der Waals surface area contributed by atoms with Gasteiger partial charge in [0.05, 0.1) is 15.1 Å². The number of hydrogen-bond donors (Lipinski definition) is 0. The molecule has 0 bridgehead atoms. The number of amides is 1. The molecular weight excluding hydrogens is 338 g/mol. The second kappa shape index (κ2) is 6.25. The van der Waals surface area contributed by atoms with Crippen LogP contribution in [0.3, 0.4) is 0 Å². The normalized spacial score (nSPS) is 17.9. The number of carbonyl (C=O) groups excluding carboxylic acids is 2. The average Bonchev–Trinajstić information content (AvgIpc) is 3.07. The van der Waals surface area contributed by atoms with E-state index in [1.54, 1.807) is 11.0 Å². The van der Waals surface area contributed by atoms with Crippen molar-refractivity contribution < 1.29 is 14.5 Å². The zero-order chi connectivity index (χ0) is 16.6. The second-order valence-corrected chi connectivity index (χ2v) is 7.49. The van der Waals surface area contributed by atoms with Crippen LogP contribution in [0.15, 0.2) is 18.2 Å². The highest BCUT2D eigenvalue weighted by Crippen LogP contribution is 2.34. The lowest BCUT2D eigenvalue weighted by atomic mass is 10.1. The van der Waals surface area contributed by atoms with Crippen LogP contribution < -0.4 is 4.90 Å². The van der Waals surface area contributed by atoms with Gasteiger partial charge in [0, 0.05) is 37.8 Å². The number of benzene rings is 1. The number of hydrogen-bond acceptors (Lipinski definition) is 7. The number of thioether (sulfide) groups is 1. The molecule has 0 saturated carbocycles. The zero-order valence-electron chi connectivity index (χ0n) is 12.2. The number of anilines is 1. The van der Waals surface area contributed by atoms with Crippen LogP contribution in [0.1, 0.15) is 13.3 Å². The quantitative estimate of drug-likeness (QED) is 0.621. The second-order valence-electron chi connectivity index (χ2n) is 5.28. The monoisotopic (exact) mass is 351 g/mol. The minimum Gasteiger partial charge on any atom is -0.288 e. The van der Waals surface area contributed by atoms with E-state index in [0.29, 0.717) is 29.4 Å². The Morgan fingerprint density at radius 1 is 1.57 bits per heavy atom. The number of nitro groups is 1. The van der Waals surface area contributed by atoms with Gasteiger partial charge in [-0.1, -0.05) is 23.1 Å². The molecule has 0 aliphatic carbocycles. The summed E-state index contributed by atoms with van der Waals surface area (Å²) in [5, 5.41) is 11.4. The first kappa shape index (κ1) is 15.9. The molecule has 2 aromatic rings. The average molecular weight is 351 g/mol. The summed E-state index contributed by atoms with van der Waals surface area (Å²) in [4.78, 5) is 39.5. The van der Waals surface area contributed by atoms with Crippen molar-refractivity contribution in [2.24, 2.45) is 5.92 Å². The maximum Gasteiger partial charge on any atom is 0.271 e. The summed E-state index contributed by atoms with van der Waals surface area (Å²) in [6.07, 6.45) is 0.399. The number of aromatic nitrogens is 1. The van der Waals surface area contributed by atoms with Crippen LogP contribution in [0.5, 0.6) is 0 Å².